The number of aromatic nitrogens is 2. The van der Waals surface area contributed by atoms with Gasteiger partial charge in [0.05, 0.1) is 11.6 Å². The van der Waals surface area contributed by atoms with Gasteiger partial charge in [-0.2, -0.15) is 5.10 Å². The molecule has 1 rings (SSSR count). The van der Waals surface area contributed by atoms with Crippen LogP contribution >= 0.6 is 0 Å². The van der Waals surface area contributed by atoms with E-state index in [9.17, 15) is 13.2 Å². The Morgan fingerprint density at radius 3 is 2.33 bits per heavy atom. The zero-order valence-corrected chi connectivity index (χ0v) is 11.5. The molecule has 0 bridgehead atoms. The monoisotopic (exact) mass is 275 g/mol. The molecule has 0 aromatic carbocycles. The number of sulfonamides is 1. The van der Waals surface area contributed by atoms with E-state index in [1.165, 1.54) is 33.9 Å². The summed E-state index contributed by atoms with van der Waals surface area (Å²) in [6.45, 7) is 5.98. The van der Waals surface area contributed by atoms with Crippen LogP contribution in [-0.2, 0) is 14.8 Å². The molecular weight excluding hydrogens is 258 g/mol. The number of hydrogen-bond donors (Lipinski definition) is 3. The molecule has 0 saturated carbocycles. The average molecular weight is 275 g/mol. The summed E-state index contributed by atoms with van der Waals surface area (Å²) in [7, 11) is -3.80. The molecule has 102 valence electrons. The van der Waals surface area contributed by atoms with Gasteiger partial charge in [-0.1, -0.05) is 0 Å². The molecule has 8 heteroatoms. The topological polar surface area (TPSA) is 112 Å². The van der Waals surface area contributed by atoms with E-state index in [1.54, 1.807) is 0 Å². The van der Waals surface area contributed by atoms with Gasteiger partial charge in [0.25, 0.3) is 0 Å². The first-order valence-corrected chi connectivity index (χ1v) is 6.75. The van der Waals surface area contributed by atoms with Crippen molar-refractivity contribution in [3.63, 3.8) is 0 Å². The number of hydrogen-bond acceptors (Lipinski definition) is 4. The Bertz CT molecular complexity index is 531. The van der Waals surface area contributed by atoms with Crippen LogP contribution in [0.5, 0.6) is 0 Å². The maximum atomic E-state index is 12.0. The van der Waals surface area contributed by atoms with Crippen LogP contribution in [0.3, 0.4) is 0 Å². The van der Waals surface area contributed by atoms with Gasteiger partial charge in [-0.3, -0.25) is 9.89 Å². The molecule has 1 heterocycles. The molecule has 0 spiro atoms. The lowest BCUT2D eigenvalue weighted by molar-refractivity contribution is -0.150. The van der Waals surface area contributed by atoms with Gasteiger partial charge in [0.15, 0.2) is 0 Å². The number of aliphatic carboxylic acids is 1. The third kappa shape index (κ3) is 2.54. The van der Waals surface area contributed by atoms with Crippen molar-refractivity contribution in [3.8, 4) is 0 Å². The summed E-state index contributed by atoms with van der Waals surface area (Å²) in [6.07, 6.45) is 2.39. The SMILES string of the molecule is CC(C)(NS(=O)(=O)c1cn[nH]c1)C(C)(C)C(=O)O. The lowest BCUT2D eigenvalue weighted by Crippen LogP contribution is -2.56. The van der Waals surface area contributed by atoms with Crippen molar-refractivity contribution in [3.05, 3.63) is 12.4 Å². The van der Waals surface area contributed by atoms with Gasteiger partial charge in [-0.15, -0.1) is 0 Å². The van der Waals surface area contributed by atoms with Crippen molar-refractivity contribution in [2.75, 3.05) is 0 Å². The van der Waals surface area contributed by atoms with Crippen molar-refractivity contribution in [1.82, 2.24) is 14.9 Å². The van der Waals surface area contributed by atoms with Crippen LogP contribution in [0.2, 0.25) is 0 Å². The minimum absolute atomic E-state index is 0.0308. The van der Waals surface area contributed by atoms with Crippen molar-refractivity contribution >= 4 is 16.0 Å². The minimum atomic E-state index is -3.80. The zero-order chi connectivity index (χ0) is 14.2. The fourth-order valence-corrected chi connectivity index (χ4v) is 2.62. The van der Waals surface area contributed by atoms with Crippen LogP contribution in [0.25, 0.3) is 0 Å². The smallest absolute Gasteiger partial charge is 0.310 e. The Morgan fingerprint density at radius 2 is 1.94 bits per heavy atom. The highest BCUT2D eigenvalue weighted by atomic mass is 32.2. The molecule has 0 fully saturated rings. The maximum absolute atomic E-state index is 12.0. The Hall–Kier alpha value is -1.41. The first-order chi connectivity index (χ1) is 8.01. The summed E-state index contributed by atoms with van der Waals surface area (Å²) in [6, 6.07) is 0. The number of carbonyl (C=O) groups is 1. The highest BCUT2D eigenvalue weighted by molar-refractivity contribution is 7.89. The largest absolute Gasteiger partial charge is 0.481 e. The van der Waals surface area contributed by atoms with Crippen LogP contribution in [-0.4, -0.2) is 35.2 Å². The van der Waals surface area contributed by atoms with E-state index < -0.39 is 26.9 Å². The molecule has 0 aliphatic rings. The number of carboxylic acid groups (broad SMARTS) is 1. The molecule has 0 radical (unpaired) electrons. The first kappa shape index (κ1) is 14.7. The molecule has 7 nitrogen and oxygen atoms in total. The fraction of sp³-hybridized carbons (Fsp3) is 0.600. The predicted molar refractivity (Wildman–Crippen MR) is 64.4 cm³/mol. The Balaban J connectivity index is 3.08. The van der Waals surface area contributed by atoms with Gasteiger partial charge < -0.3 is 5.11 Å². The summed E-state index contributed by atoms with van der Waals surface area (Å²) in [5.74, 6) is -1.08. The molecule has 3 N–H and O–H groups in total. The van der Waals surface area contributed by atoms with Gasteiger partial charge in [0.2, 0.25) is 10.0 Å². The molecule has 1 aromatic rings. The maximum Gasteiger partial charge on any atom is 0.310 e. The lowest BCUT2D eigenvalue weighted by Gasteiger charge is -2.38. The van der Waals surface area contributed by atoms with Crippen LogP contribution in [0.1, 0.15) is 27.7 Å². The van der Waals surface area contributed by atoms with Gasteiger partial charge in [-0.05, 0) is 27.7 Å². The van der Waals surface area contributed by atoms with Gasteiger partial charge >= 0.3 is 5.97 Å². The van der Waals surface area contributed by atoms with Crippen molar-refractivity contribution < 1.29 is 18.3 Å². The Morgan fingerprint density at radius 1 is 1.39 bits per heavy atom. The van der Waals surface area contributed by atoms with Gasteiger partial charge in [-0.25, -0.2) is 13.1 Å². The van der Waals surface area contributed by atoms with E-state index in [0.29, 0.717) is 0 Å². The molecule has 0 amide bonds. The summed E-state index contributed by atoms with van der Waals surface area (Å²) < 4.78 is 26.4. The normalized spacial score (nSPS) is 13.6. The molecule has 18 heavy (non-hydrogen) atoms. The van der Waals surface area contributed by atoms with Crippen LogP contribution < -0.4 is 4.72 Å². The number of H-pyrrole nitrogens is 1. The molecule has 0 aliphatic carbocycles. The van der Waals surface area contributed by atoms with E-state index in [4.69, 9.17) is 5.11 Å². The van der Waals surface area contributed by atoms with Crippen molar-refractivity contribution in [1.29, 1.82) is 0 Å². The molecule has 0 atom stereocenters. The summed E-state index contributed by atoms with van der Waals surface area (Å²) in [4.78, 5) is 11.2. The third-order valence-corrected chi connectivity index (χ3v) is 4.89. The lowest BCUT2D eigenvalue weighted by atomic mass is 9.75. The first-order valence-electron chi connectivity index (χ1n) is 5.27. The van der Waals surface area contributed by atoms with Crippen LogP contribution in [0.4, 0.5) is 0 Å². The number of carboxylic acids is 1. The molecule has 0 saturated heterocycles. The third-order valence-electron chi connectivity index (χ3n) is 3.27. The van der Waals surface area contributed by atoms with E-state index in [0.717, 1.165) is 6.20 Å². The van der Waals surface area contributed by atoms with E-state index >= 15 is 0 Å². The number of aromatic amines is 1. The van der Waals surface area contributed by atoms with Crippen molar-refractivity contribution in [2.45, 2.75) is 38.1 Å². The van der Waals surface area contributed by atoms with E-state index in [-0.39, 0.29) is 4.90 Å². The minimum Gasteiger partial charge on any atom is -0.481 e. The number of rotatable bonds is 5. The Kier molecular flexibility index (Phi) is 3.55. The van der Waals surface area contributed by atoms with Crippen LogP contribution in [0, 0.1) is 5.41 Å². The van der Waals surface area contributed by atoms with E-state index in [2.05, 4.69) is 14.9 Å². The fourth-order valence-electron chi connectivity index (χ4n) is 1.18. The number of nitrogens with one attached hydrogen (secondary N) is 2. The quantitative estimate of drug-likeness (QED) is 0.727. The Labute approximate surface area is 106 Å². The van der Waals surface area contributed by atoms with Crippen LogP contribution in [0.15, 0.2) is 17.3 Å². The standard InChI is InChI=1S/C10H17N3O4S/c1-9(2,8(14)15)10(3,4)13-18(16,17)7-5-11-12-6-7/h5-6,13H,1-4H3,(H,11,12)(H,14,15). The molecule has 0 aliphatic heterocycles. The summed E-state index contributed by atoms with van der Waals surface area (Å²) in [5, 5.41) is 15.1. The second-order valence-electron chi connectivity index (χ2n) is 5.09. The van der Waals surface area contributed by atoms with E-state index in [1.807, 2.05) is 0 Å². The second-order valence-corrected chi connectivity index (χ2v) is 6.78. The van der Waals surface area contributed by atoms with Crippen molar-refractivity contribution in [2.24, 2.45) is 5.41 Å². The average Bonchev–Trinajstić information content (AvgIpc) is 2.68. The highest BCUT2D eigenvalue weighted by Gasteiger charge is 2.46. The predicted octanol–water partition coefficient (Wildman–Crippen LogP) is 0.577. The van der Waals surface area contributed by atoms with Gasteiger partial charge in [0.1, 0.15) is 4.90 Å². The highest BCUT2D eigenvalue weighted by Crippen LogP contribution is 2.32. The van der Waals surface area contributed by atoms with Gasteiger partial charge in [0, 0.05) is 11.7 Å². The summed E-state index contributed by atoms with van der Waals surface area (Å²) >= 11 is 0. The zero-order valence-electron chi connectivity index (χ0n) is 10.7. The molecule has 1 aromatic heterocycles. The second kappa shape index (κ2) is 4.36. The molecule has 0 unspecified atom stereocenters. The molecular formula is C10H17N3O4S. The number of nitrogens with zero attached hydrogens (tertiary/aromatic N) is 1. The summed E-state index contributed by atoms with van der Waals surface area (Å²) in [5.41, 5.74) is -2.42.